The van der Waals surface area contributed by atoms with Gasteiger partial charge in [0, 0.05) is 29.9 Å². The Kier molecular flexibility index (Phi) is 7.83. The lowest BCUT2D eigenvalue weighted by molar-refractivity contribution is 0.252. The average Bonchev–Trinajstić information content (AvgIpc) is 2.85. The maximum absolute atomic E-state index is 15.0. The van der Waals surface area contributed by atoms with Crippen LogP contribution >= 0.6 is 0 Å². The van der Waals surface area contributed by atoms with Crippen molar-refractivity contribution in [2.75, 3.05) is 50.6 Å². The molecule has 0 saturated heterocycles. The summed E-state index contributed by atoms with van der Waals surface area (Å²) in [6, 6.07) is 7.39. The fourth-order valence-corrected chi connectivity index (χ4v) is 3.91. The normalized spacial score (nSPS) is 13.8. The van der Waals surface area contributed by atoms with E-state index in [0.29, 0.717) is 37.7 Å². The first kappa shape index (κ1) is 25.6. The van der Waals surface area contributed by atoms with Gasteiger partial charge in [-0.3, -0.25) is 0 Å². The standard InChI is InChI=1S/C26H30F3N5O2/c1-5-16(2)34-9-11-36-25-20(28)12-17(13-22(25)34)24-21(29)15-30-26(32-24)31-18-6-7-23(19(27)14-18)35-10-8-33(3)4/h6-7,12-16H,5,8-11H2,1-4H3,(H,30,31,32). The van der Waals surface area contributed by atoms with Crippen molar-refractivity contribution < 1.29 is 22.6 Å². The van der Waals surface area contributed by atoms with Gasteiger partial charge < -0.3 is 24.6 Å². The van der Waals surface area contributed by atoms with Gasteiger partial charge in [-0.1, -0.05) is 6.92 Å². The fourth-order valence-electron chi connectivity index (χ4n) is 3.91. The molecule has 36 heavy (non-hydrogen) atoms. The van der Waals surface area contributed by atoms with E-state index >= 15 is 0 Å². The predicted octanol–water partition coefficient (Wildman–Crippen LogP) is 5.24. The highest BCUT2D eigenvalue weighted by Crippen LogP contribution is 2.39. The van der Waals surface area contributed by atoms with E-state index in [-0.39, 0.29) is 34.7 Å². The lowest BCUT2D eigenvalue weighted by atomic mass is 10.1. The summed E-state index contributed by atoms with van der Waals surface area (Å²) in [5, 5.41) is 2.88. The van der Waals surface area contributed by atoms with E-state index in [0.717, 1.165) is 12.6 Å². The average molecular weight is 502 g/mol. The summed E-state index contributed by atoms with van der Waals surface area (Å²) in [7, 11) is 3.80. The summed E-state index contributed by atoms with van der Waals surface area (Å²) in [4.78, 5) is 12.2. The molecule has 3 aromatic rings. The molecular weight excluding hydrogens is 471 g/mol. The zero-order chi connectivity index (χ0) is 25.8. The van der Waals surface area contributed by atoms with Crippen LogP contribution in [0.4, 0.5) is 30.5 Å². The largest absolute Gasteiger partial charge is 0.489 e. The highest BCUT2D eigenvalue weighted by atomic mass is 19.1. The van der Waals surface area contributed by atoms with Crippen LogP contribution < -0.4 is 19.7 Å². The quantitative estimate of drug-likeness (QED) is 0.430. The van der Waals surface area contributed by atoms with Crippen molar-refractivity contribution in [3.8, 4) is 22.8 Å². The molecule has 0 fully saturated rings. The number of nitrogens with one attached hydrogen (secondary N) is 1. The van der Waals surface area contributed by atoms with Crippen LogP contribution in [-0.4, -0.2) is 61.3 Å². The van der Waals surface area contributed by atoms with Crippen LogP contribution in [0.1, 0.15) is 20.3 Å². The van der Waals surface area contributed by atoms with Crippen LogP contribution in [0, 0.1) is 17.5 Å². The van der Waals surface area contributed by atoms with Crippen molar-refractivity contribution in [2.45, 2.75) is 26.3 Å². The molecule has 2 aromatic carbocycles. The number of likely N-dealkylation sites (N-methyl/N-ethyl adjacent to an activating group) is 1. The third-order valence-electron chi connectivity index (χ3n) is 6.04. The Morgan fingerprint density at radius 2 is 1.94 bits per heavy atom. The number of hydrogen-bond donors (Lipinski definition) is 1. The Morgan fingerprint density at radius 1 is 1.14 bits per heavy atom. The van der Waals surface area contributed by atoms with Crippen LogP contribution in [0.5, 0.6) is 11.5 Å². The molecule has 1 atom stereocenters. The molecule has 2 heterocycles. The molecule has 1 aliphatic heterocycles. The van der Waals surface area contributed by atoms with Gasteiger partial charge in [0.05, 0.1) is 18.4 Å². The molecular formula is C26H30F3N5O2. The second-order valence-corrected chi connectivity index (χ2v) is 8.92. The zero-order valence-corrected chi connectivity index (χ0v) is 20.8. The summed E-state index contributed by atoms with van der Waals surface area (Å²) < 4.78 is 55.2. The topological polar surface area (TPSA) is 62.8 Å². The summed E-state index contributed by atoms with van der Waals surface area (Å²) >= 11 is 0. The van der Waals surface area contributed by atoms with Gasteiger partial charge >= 0.3 is 0 Å². The Hall–Kier alpha value is -3.53. The molecule has 7 nitrogen and oxygen atoms in total. The van der Waals surface area contributed by atoms with E-state index in [1.54, 1.807) is 12.1 Å². The zero-order valence-electron chi connectivity index (χ0n) is 20.8. The lowest BCUT2D eigenvalue weighted by Crippen LogP contribution is -2.39. The number of benzene rings is 2. The highest BCUT2D eigenvalue weighted by Gasteiger charge is 2.26. The van der Waals surface area contributed by atoms with Crippen LogP contribution in [0.2, 0.25) is 0 Å². The number of fused-ring (bicyclic) bond motifs is 1. The van der Waals surface area contributed by atoms with Crippen LogP contribution in [0.15, 0.2) is 36.5 Å². The summed E-state index contributed by atoms with van der Waals surface area (Å²) in [5.74, 6) is -1.53. The number of aromatic nitrogens is 2. The van der Waals surface area contributed by atoms with Crippen molar-refractivity contribution in [2.24, 2.45) is 0 Å². The second-order valence-electron chi connectivity index (χ2n) is 8.92. The molecule has 192 valence electrons. The van der Waals surface area contributed by atoms with Gasteiger partial charge in [0.15, 0.2) is 29.0 Å². The van der Waals surface area contributed by atoms with Gasteiger partial charge in [0.2, 0.25) is 5.95 Å². The van der Waals surface area contributed by atoms with Crippen molar-refractivity contribution in [1.82, 2.24) is 14.9 Å². The first-order valence-electron chi connectivity index (χ1n) is 11.9. The van der Waals surface area contributed by atoms with Crippen LogP contribution in [0.25, 0.3) is 11.3 Å². The molecule has 1 aromatic heterocycles. The fraction of sp³-hybridized carbons (Fsp3) is 0.385. The first-order valence-corrected chi connectivity index (χ1v) is 11.9. The summed E-state index contributed by atoms with van der Waals surface area (Å²) in [6.45, 7) is 6.07. The Labute approximate surface area is 208 Å². The van der Waals surface area contributed by atoms with Crippen molar-refractivity contribution in [3.05, 3.63) is 54.0 Å². The minimum atomic E-state index is -0.706. The summed E-state index contributed by atoms with van der Waals surface area (Å²) in [6.07, 6.45) is 1.86. The number of halogens is 3. The van der Waals surface area contributed by atoms with Gasteiger partial charge in [-0.15, -0.1) is 0 Å². The molecule has 0 saturated carbocycles. The van der Waals surface area contributed by atoms with E-state index in [1.165, 1.54) is 18.2 Å². The van der Waals surface area contributed by atoms with E-state index in [1.807, 2.05) is 32.8 Å². The van der Waals surface area contributed by atoms with Crippen LogP contribution in [0.3, 0.4) is 0 Å². The predicted molar refractivity (Wildman–Crippen MR) is 134 cm³/mol. The third kappa shape index (κ3) is 5.64. The lowest BCUT2D eigenvalue weighted by Gasteiger charge is -2.36. The van der Waals surface area contributed by atoms with Crippen molar-refractivity contribution >= 4 is 17.3 Å². The minimum absolute atomic E-state index is 0.0419. The maximum atomic E-state index is 15.0. The Balaban J connectivity index is 1.59. The molecule has 0 radical (unpaired) electrons. The molecule has 0 bridgehead atoms. The monoisotopic (exact) mass is 501 g/mol. The van der Waals surface area contributed by atoms with Gasteiger partial charge in [-0.25, -0.2) is 23.1 Å². The molecule has 0 aliphatic carbocycles. The number of nitrogens with zero attached hydrogens (tertiary/aromatic N) is 4. The number of anilines is 3. The number of rotatable bonds is 9. The first-order chi connectivity index (χ1) is 17.3. The van der Waals surface area contributed by atoms with Gasteiger partial charge in [-0.2, -0.15) is 0 Å². The van der Waals surface area contributed by atoms with E-state index in [2.05, 4.69) is 20.2 Å². The van der Waals surface area contributed by atoms with E-state index in [9.17, 15) is 13.2 Å². The second kappa shape index (κ2) is 11.0. The van der Waals surface area contributed by atoms with Gasteiger partial charge in [-0.05, 0) is 51.7 Å². The van der Waals surface area contributed by atoms with Gasteiger partial charge in [0.25, 0.3) is 0 Å². The maximum Gasteiger partial charge on any atom is 0.227 e. The number of hydrogen-bond acceptors (Lipinski definition) is 7. The van der Waals surface area contributed by atoms with E-state index < -0.39 is 17.5 Å². The summed E-state index contributed by atoms with van der Waals surface area (Å²) in [5.41, 5.74) is 1.10. The smallest absolute Gasteiger partial charge is 0.227 e. The Bertz CT molecular complexity index is 1220. The molecule has 4 rings (SSSR count). The van der Waals surface area contributed by atoms with Gasteiger partial charge in [0.1, 0.15) is 18.9 Å². The third-order valence-corrected chi connectivity index (χ3v) is 6.04. The molecule has 1 N–H and O–H groups in total. The minimum Gasteiger partial charge on any atom is -0.489 e. The Morgan fingerprint density at radius 3 is 2.67 bits per heavy atom. The molecule has 1 unspecified atom stereocenters. The molecule has 10 heteroatoms. The molecule has 0 amide bonds. The molecule has 0 spiro atoms. The van der Waals surface area contributed by atoms with Crippen LogP contribution in [-0.2, 0) is 0 Å². The highest BCUT2D eigenvalue weighted by molar-refractivity contribution is 5.73. The SMILES string of the molecule is CCC(C)N1CCOc2c(F)cc(-c3nc(Nc4ccc(OCCN(C)C)c(F)c4)ncc3F)cc21. The molecule has 1 aliphatic rings. The van der Waals surface area contributed by atoms with Crippen molar-refractivity contribution in [3.63, 3.8) is 0 Å². The number of ether oxygens (including phenoxy) is 2. The van der Waals surface area contributed by atoms with Crippen molar-refractivity contribution in [1.29, 1.82) is 0 Å². The van der Waals surface area contributed by atoms with E-state index in [4.69, 9.17) is 9.47 Å².